The van der Waals surface area contributed by atoms with Crippen LogP contribution in [-0.4, -0.2) is 49.5 Å². The SMILES string of the molecule is COC[C@H]1OC(O)[C@H](OCc2ccccc2)[C@@H](OCc2ccccc2)[C@H]1OCc1ccccc1. The van der Waals surface area contributed by atoms with E-state index in [2.05, 4.69) is 0 Å². The van der Waals surface area contributed by atoms with Crippen molar-refractivity contribution in [3.8, 4) is 0 Å². The molecule has 6 nitrogen and oxygen atoms in total. The van der Waals surface area contributed by atoms with Crippen molar-refractivity contribution in [2.75, 3.05) is 13.7 Å². The second kappa shape index (κ2) is 12.8. The molecule has 1 fully saturated rings. The van der Waals surface area contributed by atoms with E-state index in [4.69, 9.17) is 23.7 Å². The molecule has 0 spiro atoms. The Morgan fingerprint density at radius 3 is 1.47 bits per heavy atom. The predicted octanol–water partition coefficient (Wildman–Crippen LogP) is 4.11. The molecule has 1 aliphatic rings. The Morgan fingerprint density at radius 2 is 1.03 bits per heavy atom. The first-order valence-electron chi connectivity index (χ1n) is 11.5. The summed E-state index contributed by atoms with van der Waals surface area (Å²) in [6.07, 6.45) is -3.51. The molecule has 1 aliphatic heterocycles. The monoisotopic (exact) mass is 464 g/mol. The summed E-state index contributed by atoms with van der Waals surface area (Å²) < 4.78 is 30.2. The quantitative estimate of drug-likeness (QED) is 0.461. The second-order valence-electron chi connectivity index (χ2n) is 8.30. The lowest BCUT2D eigenvalue weighted by molar-refractivity contribution is -0.316. The van der Waals surface area contributed by atoms with Gasteiger partial charge in [0.2, 0.25) is 0 Å². The minimum absolute atomic E-state index is 0.257. The van der Waals surface area contributed by atoms with Crippen LogP contribution in [0.15, 0.2) is 91.0 Å². The number of benzene rings is 3. The van der Waals surface area contributed by atoms with E-state index >= 15 is 0 Å². The summed E-state index contributed by atoms with van der Waals surface area (Å²) in [6, 6.07) is 29.7. The number of aliphatic hydroxyl groups excluding tert-OH is 1. The lowest BCUT2D eigenvalue weighted by Gasteiger charge is -2.44. The molecule has 6 heteroatoms. The summed E-state index contributed by atoms with van der Waals surface area (Å²) in [6.45, 7) is 1.31. The molecular formula is C28H32O6. The summed E-state index contributed by atoms with van der Waals surface area (Å²) in [5.41, 5.74) is 3.06. The molecule has 1 saturated heterocycles. The van der Waals surface area contributed by atoms with Gasteiger partial charge in [0.15, 0.2) is 6.29 Å². The van der Waals surface area contributed by atoms with Crippen molar-refractivity contribution in [2.24, 2.45) is 0 Å². The van der Waals surface area contributed by atoms with Crippen molar-refractivity contribution < 1.29 is 28.8 Å². The van der Waals surface area contributed by atoms with E-state index in [0.29, 0.717) is 19.8 Å². The highest BCUT2D eigenvalue weighted by Gasteiger charge is 2.47. The Morgan fingerprint density at radius 1 is 0.618 bits per heavy atom. The van der Waals surface area contributed by atoms with Gasteiger partial charge in [0.25, 0.3) is 0 Å². The Balaban J connectivity index is 1.55. The minimum atomic E-state index is -1.18. The van der Waals surface area contributed by atoms with E-state index in [1.165, 1.54) is 0 Å². The van der Waals surface area contributed by atoms with Gasteiger partial charge in [-0.1, -0.05) is 91.0 Å². The largest absolute Gasteiger partial charge is 0.382 e. The smallest absolute Gasteiger partial charge is 0.184 e. The average molecular weight is 465 g/mol. The van der Waals surface area contributed by atoms with Crippen LogP contribution in [-0.2, 0) is 43.5 Å². The summed E-state index contributed by atoms with van der Waals surface area (Å²) in [7, 11) is 1.60. The zero-order valence-corrected chi connectivity index (χ0v) is 19.4. The number of hydrogen-bond acceptors (Lipinski definition) is 6. The highest BCUT2D eigenvalue weighted by Crippen LogP contribution is 2.29. The third-order valence-electron chi connectivity index (χ3n) is 5.80. The van der Waals surface area contributed by atoms with E-state index in [1.54, 1.807) is 7.11 Å². The molecule has 180 valence electrons. The van der Waals surface area contributed by atoms with Gasteiger partial charge in [0, 0.05) is 7.11 Å². The van der Waals surface area contributed by atoms with Crippen molar-refractivity contribution in [3.63, 3.8) is 0 Å². The number of methoxy groups -OCH3 is 1. The summed E-state index contributed by atoms with van der Waals surface area (Å²) >= 11 is 0. The molecule has 0 bridgehead atoms. The van der Waals surface area contributed by atoms with Crippen LogP contribution in [0.4, 0.5) is 0 Å². The molecule has 1 unspecified atom stereocenters. The molecule has 34 heavy (non-hydrogen) atoms. The van der Waals surface area contributed by atoms with E-state index in [1.807, 2.05) is 91.0 Å². The number of rotatable bonds is 11. The van der Waals surface area contributed by atoms with Crippen molar-refractivity contribution in [2.45, 2.75) is 50.5 Å². The maximum absolute atomic E-state index is 10.9. The molecule has 0 aliphatic carbocycles. The van der Waals surface area contributed by atoms with E-state index < -0.39 is 30.7 Å². The van der Waals surface area contributed by atoms with Crippen LogP contribution in [0.5, 0.6) is 0 Å². The first-order chi connectivity index (χ1) is 16.7. The van der Waals surface area contributed by atoms with Crippen molar-refractivity contribution in [1.82, 2.24) is 0 Å². The van der Waals surface area contributed by atoms with Crippen LogP contribution in [0.25, 0.3) is 0 Å². The van der Waals surface area contributed by atoms with Gasteiger partial charge in [-0.05, 0) is 16.7 Å². The summed E-state index contributed by atoms with van der Waals surface area (Å²) in [5, 5.41) is 10.9. The fourth-order valence-corrected chi connectivity index (χ4v) is 4.06. The molecule has 1 heterocycles. The van der Waals surface area contributed by atoms with Gasteiger partial charge >= 0.3 is 0 Å². The zero-order chi connectivity index (χ0) is 23.6. The van der Waals surface area contributed by atoms with E-state index in [0.717, 1.165) is 16.7 Å². The number of ether oxygens (including phenoxy) is 5. The molecule has 0 radical (unpaired) electrons. The van der Waals surface area contributed by atoms with Gasteiger partial charge in [-0.3, -0.25) is 0 Å². The molecule has 4 rings (SSSR count). The summed E-state index contributed by atoms with van der Waals surface area (Å²) in [4.78, 5) is 0. The lowest BCUT2D eigenvalue weighted by Crippen LogP contribution is -2.61. The van der Waals surface area contributed by atoms with Gasteiger partial charge in [-0.25, -0.2) is 0 Å². The Bertz CT molecular complexity index is 952. The standard InChI is InChI=1S/C28H32O6/c1-30-20-24-25(31-17-21-11-5-2-6-12-21)26(32-18-22-13-7-3-8-14-22)27(28(29)34-24)33-19-23-15-9-4-10-16-23/h2-16,24-29H,17-20H2,1H3/t24-,25+,26+,27-,28?/m1/s1. The van der Waals surface area contributed by atoms with Gasteiger partial charge in [-0.15, -0.1) is 0 Å². The maximum atomic E-state index is 10.9. The van der Waals surface area contributed by atoms with Crippen molar-refractivity contribution in [3.05, 3.63) is 108 Å². The number of hydrogen-bond donors (Lipinski definition) is 1. The number of aliphatic hydroxyl groups is 1. The van der Waals surface area contributed by atoms with Gasteiger partial charge in [-0.2, -0.15) is 0 Å². The Kier molecular flexibility index (Phi) is 9.21. The van der Waals surface area contributed by atoms with E-state index in [-0.39, 0.29) is 6.61 Å². The lowest BCUT2D eigenvalue weighted by atomic mass is 9.98. The summed E-state index contributed by atoms with van der Waals surface area (Å²) in [5.74, 6) is 0. The molecule has 0 saturated carbocycles. The second-order valence-corrected chi connectivity index (χ2v) is 8.30. The van der Waals surface area contributed by atoms with Crippen molar-refractivity contribution >= 4 is 0 Å². The fourth-order valence-electron chi connectivity index (χ4n) is 4.06. The molecule has 5 atom stereocenters. The van der Waals surface area contributed by atoms with E-state index in [9.17, 15) is 5.11 Å². The fraction of sp³-hybridized carbons (Fsp3) is 0.357. The molecule has 3 aromatic carbocycles. The topological polar surface area (TPSA) is 66.4 Å². The highest BCUT2D eigenvalue weighted by molar-refractivity contribution is 5.15. The minimum Gasteiger partial charge on any atom is -0.382 e. The molecule has 0 aromatic heterocycles. The first kappa shape index (κ1) is 24.5. The first-order valence-corrected chi connectivity index (χ1v) is 11.5. The Labute approximate surface area is 201 Å². The predicted molar refractivity (Wildman–Crippen MR) is 128 cm³/mol. The van der Waals surface area contributed by atoms with Gasteiger partial charge in [0.1, 0.15) is 24.4 Å². The van der Waals surface area contributed by atoms with Crippen LogP contribution in [0.2, 0.25) is 0 Å². The van der Waals surface area contributed by atoms with Crippen LogP contribution in [0.1, 0.15) is 16.7 Å². The molecular weight excluding hydrogens is 432 g/mol. The highest BCUT2D eigenvalue weighted by atomic mass is 16.7. The van der Waals surface area contributed by atoms with Crippen LogP contribution < -0.4 is 0 Å². The molecule has 1 N–H and O–H groups in total. The van der Waals surface area contributed by atoms with Crippen molar-refractivity contribution in [1.29, 1.82) is 0 Å². The average Bonchev–Trinajstić information content (AvgIpc) is 2.88. The van der Waals surface area contributed by atoms with Crippen LogP contribution in [0, 0.1) is 0 Å². The van der Waals surface area contributed by atoms with Gasteiger partial charge < -0.3 is 28.8 Å². The maximum Gasteiger partial charge on any atom is 0.184 e. The normalized spacial score (nSPS) is 24.7. The molecule has 0 amide bonds. The van der Waals surface area contributed by atoms with Gasteiger partial charge in [0.05, 0.1) is 26.4 Å². The third-order valence-corrected chi connectivity index (χ3v) is 5.80. The van der Waals surface area contributed by atoms with Crippen LogP contribution in [0.3, 0.4) is 0 Å². The molecule has 3 aromatic rings. The van der Waals surface area contributed by atoms with Crippen LogP contribution >= 0.6 is 0 Å². The third kappa shape index (κ3) is 6.73. The Hall–Kier alpha value is -2.58. The zero-order valence-electron chi connectivity index (χ0n) is 19.4.